The van der Waals surface area contributed by atoms with Crippen molar-refractivity contribution in [3.63, 3.8) is 0 Å². The van der Waals surface area contributed by atoms with Crippen molar-refractivity contribution in [2.45, 2.75) is 38.5 Å². The van der Waals surface area contributed by atoms with Crippen LogP contribution in [0, 0.1) is 23.2 Å². The normalized spacial score (nSPS) is 37.2. The molecule has 4 saturated carbocycles. The third-order valence-corrected chi connectivity index (χ3v) is 6.09. The number of ether oxygens (including phenoxy) is 1. The van der Waals surface area contributed by atoms with Crippen LogP contribution in [0.5, 0.6) is 0 Å². The summed E-state index contributed by atoms with van der Waals surface area (Å²) in [5.41, 5.74) is -0.463. The molecule has 7 heteroatoms. The number of carbonyl (C=O) groups is 2. The second-order valence-corrected chi connectivity index (χ2v) is 8.30. The van der Waals surface area contributed by atoms with Crippen LogP contribution in [0.15, 0.2) is 0 Å². The Labute approximate surface area is 124 Å². The van der Waals surface area contributed by atoms with Crippen molar-refractivity contribution in [2.24, 2.45) is 23.2 Å². The molecule has 4 bridgehead atoms. The minimum absolute atomic E-state index is 0.0505. The zero-order chi connectivity index (χ0) is 15.3. The maximum atomic E-state index is 12.3. The monoisotopic (exact) mass is 316 g/mol. The first-order chi connectivity index (χ1) is 9.81. The number of hydrogen-bond donors (Lipinski definition) is 1. The lowest BCUT2D eigenvalue weighted by Crippen LogP contribution is -2.39. The van der Waals surface area contributed by atoms with E-state index in [9.17, 15) is 18.0 Å². The van der Waals surface area contributed by atoms with Crippen LogP contribution in [0.3, 0.4) is 0 Å². The standard InChI is InChI=1S/C14H20O6S/c15-12-10-5-9-6-14(7-10,8-11(9)12)13(16)20-3-1-2-4-21(17,18)19/h9-11H,1-8H2,(H,17,18,19). The molecule has 0 spiro atoms. The molecule has 4 unspecified atom stereocenters. The largest absolute Gasteiger partial charge is 0.465 e. The topological polar surface area (TPSA) is 97.7 Å². The highest BCUT2D eigenvalue weighted by Gasteiger charge is 2.63. The fourth-order valence-electron chi connectivity index (χ4n) is 4.46. The average molecular weight is 316 g/mol. The van der Waals surface area contributed by atoms with E-state index in [1.54, 1.807) is 0 Å². The molecule has 21 heavy (non-hydrogen) atoms. The highest BCUT2D eigenvalue weighted by Crippen LogP contribution is 2.62. The lowest BCUT2D eigenvalue weighted by molar-refractivity contribution is -0.160. The Morgan fingerprint density at radius 2 is 2.05 bits per heavy atom. The van der Waals surface area contributed by atoms with E-state index in [0.29, 0.717) is 31.0 Å². The van der Waals surface area contributed by atoms with Crippen molar-refractivity contribution in [2.75, 3.05) is 12.4 Å². The predicted octanol–water partition coefficient (Wildman–Crippen LogP) is 1.20. The van der Waals surface area contributed by atoms with Crippen LogP contribution >= 0.6 is 0 Å². The summed E-state index contributed by atoms with van der Waals surface area (Å²) < 4.78 is 35.0. The van der Waals surface area contributed by atoms with E-state index in [1.807, 2.05) is 0 Å². The summed E-state index contributed by atoms with van der Waals surface area (Å²) in [6.45, 7) is 0.171. The number of carbonyl (C=O) groups excluding carboxylic acids is 2. The lowest BCUT2D eigenvalue weighted by atomic mass is 9.69. The average Bonchev–Trinajstić information content (AvgIpc) is 2.78. The van der Waals surface area contributed by atoms with Crippen molar-refractivity contribution in [1.29, 1.82) is 0 Å². The van der Waals surface area contributed by atoms with E-state index in [1.165, 1.54) is 0 Å². The van der Waals surface area contributed by atoms with Gasteiger partial charge in [-0.2, -0.15) is 8.42 Å². The molecule has 0 amide bonds. The van der Waals surface area contributed by atoms with Gasteiger partial charge in [-0.1, -0.05) is 0 Å². The van der Waals surface area contributed by atoms with Crippen molar-refractivity contribution < 1.29 is 27.3 Å². The number of Topliss-reactive ketones (excluding diaryl/α,β-unsaturated/α-hetero) is 1. The maximum Gasteiger partial charge on any atom is 0.312 e. The fourth-order valence-corrected chi connectivity index (χ4v) is 5.03. The lowest BCUT2D eigenvalue weighted by Gasteiger charge is -2.35. The molecule has 4 fully saturated rings. The Balaban J connectivity index is 1.48. The van der Waals surface area contributed by atoms with Crippen LogP contribution in [-0.2, 0) is 24.4 Å². The molecule has 4 atom stereocenters. The van der Waals surface area contributed by atoms with Gasteiger partial charge in [0.25, 0.3) is 10.1 Å². The molecule has 0 aromatic carbocycles. The minimum Gasteiger partial charge on any atom is -0.465 e. The van der Waals surface area contributed by atoms with Crippen molar-refractivity contribution in [3.8, 4) is 0 Å². The summed E-state index contributed by atoms with van der Waals surface area (Å²) in [5.74, 6) is 0.290. The Bertz CT molecular complexity index is 564. The number of unbranched alkanes of at least 4 members (excludes halogenated alkanes) is 1. The number of ketones is 1. The van der Waals surface area contributed by atoms with Gasteiger partial charge in [-0.3, -0.25) is 14.1 Å². The van der Waals surface area contributed by atoms with Crippen LogP contribution in [0.1, 0.15) is 38.5 Å². The van der Waals surface area contributed by atoms with Crippen LogP contribution in [0.25, 0.3) is 0 Å². The van der Waals surface area contributed by atoms with Crippen LogP contribution < -0.4 is 0 Å². The van der Waals surface area contributed by atoms with E-state index in [4.69, 9.17) is 9.29 Å². The molecule has 0 heterocycles. The minimum atomic E-state index is -3.94. The zero-order valence-corrected chi connectivity index (χ0v) is 12.6. The van der Waals surface area contributed by atoms with Gasteiger partial charge in [0.05, 0.1) is 17.8 Å². The molecule has 1 N–H and O–H groups in total. The summed E-state index contributed by atoms with van der Waals surface area (Å²) in [6.07, 6.45) is 3.65. The first-order valence-corrected chi connectivity index (χ1v) is 9.08. The summed E-state index contributed by atoms with van der Waals surface area (Å²) in [4.78, 5) is 24.3. The predicted molar refractivity (Wildman–Crippen MR) is 73.0 cm³/mol. The van der Waals surface area contributed by atoms with Gasteiger partial charge in [0.15, 0.2) is 0 Å². The molecule has 0 aromatic heterocycles. The van der Waals surface area contributed by atoms with E-state index < -0.39 is 15.5 Å². The quantitative estimate of drug-likeness (QED) is 0.449. The van der Waals surface area contributed by atoms with E-state index in [2.05, 4.69) is 0 Å². The van der Waals surface area contributed by atoms with Crippen LogP contribution in [0.2, 0.25) is 0 Å². The Morgan fingerprint density at radius 1 is 1.29 bits per heavy atom. The summed E-state index contributed by atoms with van der Waals surface area (Å²) in [5, 5.41) is 0. The summed E-state index contributed by atoms with van der Waals surface area (Å²) >= 11 is 0. The molecule has 4 rings (SSSR count). The maximum absolute atomic E-state index is 12.3. The molecule has 0 radical (unpaired) electrons. The van der Waals surface area contributed by atoms with Gasteiger partial charge in [0.1, 0.15) is 5.78 Å². The third-order valence-electron chi connectivity index (χ3n) is 5.29. The molecule has 0 saturated heterocycles. The first-order valence-electron chi connectivity index (χ1n) is 7.47. The smallest absolute Gasteiger partial charge is 0.312 e. The van der Waals surface area contributed by atoms with Gasteiger partial charge in [-0.15, -0.1) is 0 Å². The second-order valence-electron chi connectivity index (χ2n) is 6.72. The molecular weight excluding hydrogens is 296 g/mol. The Hall–Kier alpha value is -0.950. The van der Waals surface area contributed by atoms with Gasteiger partial charge in [-0.25, -0.2) is 0 Å². The molecule has 118 valence electrons. The fraction of sp³-hybridized carbons (Fsp3) is 0.857. The molecule has 0 aliphatic heterocycles. The summed E-state index contributed by atoms with van der Waals surface area (Å²) in [6, 6.07) is 0. The van der Waals surface area contributed by atoms with Crippen molar-refractivity contribution in [1.82, 2.24) is 0 Å². The van der Waals surface area contributed by atoms with Crippen molar-refractivity contribution in [3.05, 3.63) is 0 Å². The molecule has 0 aromatic rings. The van der Waals surface area contributed by atoms with E-state index in [-0.39, 0.29) is 36.6 Å². The van der Waals surface area contributed by atoms with Gasteiger partial charge < -0.3 is 4.74 Å². The highest BCUT2D eigenvalue weighted by molar-refractivity contribution is 7.85. The summed E-state index contributed by atoms with van der Waals surface area (Å²) in [7, 11) is -3.94. The molecule has 4 aliphatic rings. The van der Waals surface area contributed by atoms with Gasteiger partial charge in [0, 0.05) is 11.8 Å². The van der Waals surface area contributed by atoms with Gasteiger partial charge in [-0.05, 0) is 44.4 Å². The first kappa shape index (κ1) is 15.0. The molecule has 4 aliphatic carbocycles. The number of esters is 1. The van der Waals surface area contributed by atoms with Crippen molar-refractivity contribution >= 4 is 21.9 Å². The third kappa shape index (κ3) is 2.73. The van der Waals surface area contributed by atoms with Crippen LogP contribution in [0.4, 0.5) is 0 Å². The molecular formula is C14H20O6S. The molecule has 6 nitrogen and oxygen atoms in total. The highest BCUT2D eigenvalue weighted by atomic mass is 32.2. The Morgan fingerprint density at radius 3 is 2.67 bits per heavy atom. The zero-order valence-electron chi connectivity index (χ0n) is 11.8. The van der Waals surface area contributed by atoms with Gasteiger partial charge in [0.2, 0.25) is 0 Å². The second kappa shape index (κ2) is 5.05. The van der Waals surface area contributed by atoms with E-state index in [0.717, 1.165) is 12.8 Å². The number of rotatable bonds is 6. The van der Waals surface area contributed by atoms with Gasteiger partial charge >= 0.3 is 5.97 Å². The Kier molecular flexibility index (Phi) is 3.60. The van der Waals surface area contributed by atoms with Crippen LogP contribution in [-0.4, -0.2) is 37.1 Å². The van der Waals surface area contributed by atoms with E-state index >= 15 is 0 Å². The number of hydrogen-bond acceptors (Lipinski definition) is 5. The SMILES string of the molecule is O=C1C2CC3CC(C(=O)OCCCCS(=O)(=O)O)(C2)CC13.